The van der Waals surface area contributed by atoms with Gasteiger partial charge in [0.15, 0.2) is 6.29 Å². The average Bonchev–Trinajstić information content (AvgIpc) is 2.90. The zero-order valence-electron chi connectivity index (χ0n) is 24.4. The summed E-state index contributed by atoms with van der Waals surface area (Å²) in [6.07, 6.45) is 4.61. The number of phenols is 1. The maximum Gasteiger partial charge on any atom is 0.326 e. The molecule has 2 aliphatic heterocycles. The highest BCUT2D eigenvalue weighted by Gasteiger charge is 2.33. The van der Waals surface area contributed by atoms with Gasteiger partial charge in [0.2, 0.25) is 0 Å². The highest BCUT2D eigenvalue weighted by molar-refractivity contribution is 8.04. The molecule has 1 unspecified atom stereocenters. The van der Waals surface area contributed by atoms with Crippen LogP contribution in [-0.2, 0) is 34.6 Å². The maximum absolute atomic E-state index is 13.7. The van der Waals surface area contributed by atoms with Gasteiger partial charge in [0.1, 0.15) is 12.3 Å². The summed E-state index contributed by atoms with van der Waals surface area (Å²) in [4.78, 5) is 28.9. The summed E-state index contributed by atoms with van der Waals surface area (Å²) in [7, 11) is 0. The number of ether oxygens (including phenoxy) is 3. The zero-order valence-corrected chi connectivity index (χ0v) is 25.2. The summed E-state index contributed by atoms with van der Waals surface area (Å²) in [6, 6.07) is 11.4. The largest absolute Gasteiger partial charge is 0.507 e. The zero-order chi connectivity index (χ0) is 29.1. The molecule has 1 saturated heterocycles. The Morgan fingerprint density at radius 3 is 2.55 bits per heavy atom. The minimum absolute atomic E-state index is 0.163. The van der Waals surface area contributed by atoms with Gasteiger partial charge in [0.05, 0.1) is 23.8 Å². The molecule has 1 N–H and O–H groups in total. The van der Waals surface area contributed by atoms with E-state index in [1.165, 1.54) is 16.7 Å². The second kappa shape index (κ2) is 12.4. The number of fused-ring (bicyclic) bond motifs is 1. The van der Waals surface area contributed by atoms with E-state index in [9.17, 15) is 14.7 Å². The van der Waals surface area contributed by atoms with Crippen LogP contribution in [0.25, 0.3) is 6.08 Å². The van der Waals surface area contributed by atoms with Crippen LogP contribution in [0.1, 0.15) is 77.5 Å². The van der Waals surface area contributed by atoms with Crippen molar-refractivity contribution in [1.29, 1.82) is 0 Å². The van der Waals surface area contributed by atoms with E-state index in [4.69, 9.17) is 14.2 Å². The molecule has 0 aliphatic carbocycles. The maximum atomic E-state index is 13.7. The van der Waals surface area contributed by atoms with E-state index >= 15 is 0 Å². The number of benzene rings is 2. The number of phenolic OH excluding ortho intramolecular Hbond substituents is 1. The number of thioether (sulfide) groups is 1. The molecule has 0 saturated carbocycles. The fourth-order valence-electron chi connectivity index (χ4n) is 4.96. The van der Waals surface area contributed by atoms with Crippen LogP contribution in [-0.4, -0.2) is 49.6 Å². The number of hydrogen-bond acceptors (Lipinski definition) is 7. The Kier molecular flexibility index (Phi) is 9.33. The molecule has 0 spiro atoms. The van der Waals surface area contributed by atoms with Crippen LogP contribution in [0, 0.1) is 0 Å². The monoisotopic (exact) mass is 567 g/mol. The molecule has 8 heteroatoms. The Morgan fingerprint density at radius 1 is 1.15 bits per heavy atom. The molecule has 2 aliphatic rings. The van der Waals surface area contributed by atoms with Crippen LogP contribution in [0.4, 0.5) is 5.69 Å². The molecule has 7 nitrogen and oxygen atoms in total. The Hall–Kier alpha value is -2.81. The van der Waals surface area contributed by atoms with Crippen LogP contribution in [0.15, 0.2) is 46.2 Å². The van der Waals surface area contributed by atoms with Crippen molar-refractivity contribution in [2.24, 2.45) is 0 Å². The van der Waals surface area contributed by atoms with Gasteiger partial charge >= 0.3 is 5.97 Å². The lowest BCUT2D eigenvalue weighted by Gasteiger charge is -2.33. The second-order valence-corrected chi connectivity index (χ2v) is 13.1. The minimum atomic E-state index is -0.522. The Balaban J connectivity index is 1.72. The first-order chi connectivity index (χ1) is 18.9. The molecule has 2 aromatic carbocycles. The number of para-hydroxylation sites is 1. The summed E-state index contributed by atoms with van der Waals surface area (Å²) >= 11 is 1.38. The highest BCUT2D eigenvalue weighted by atomic mass is 32.2. The van der Waals surface area contributed by atoms with Gasteiger partial charge in [-0.25, -0.2) is 0 Å². The van der Waals surface area contributed by atoms with Gasteiger partial charge in [-0.05, 0) is 67.5 Å². The number of amides is 1. The number of anilines is 1. The lowest BCUT2D eigenvalue weighted by Crippen LogP contribution is -2.39. The molecular formula is C32H41NO6S. The highest BCUT2D eigenvalue weighted by Crippen LogP contribution is 2.44. The number of esters is 1. The van der Waals surface area contributed by atoms with E-state index in [-0.39, 0.29) is 36.5 Å². The molecule has 216 valence electrons. The third kappa shape index (κ3) is 6.90. The lowest BCUT2D eigenvalue weighted by atomic mass is 9.77. The Labute approximate surface area is 241 Å². The van der Waals surface area contributed by atoms with E-state index in [1.807, 2.05) is 56.3 Å². The van der Waals surface area contributed by atoms with Crippen molar-refractivity contribution in [2.75, 3.05) is 31.3 Å². The number of carbonyl (C=O) groups is 2. The molecule has 1 amide bonds. The number of aromatic hydroxyl groups is 1. The van der Waals surface area contributed by atoms with E-state index in [0.29, 0.717) is 23.8 Å². The lowest BCUT2D eigenvalue weighted by molar-refractivity contribution is -0.170. The number of nitrogens with zero attached hydrogens (tertiary/aromatic N) is 1. The van der Waals surface area contributed by atoms with Crippen molar-refractivity contribution in [1.82, 2.24) is 0 Å². The van der Waals surface area contributed by atoms with Gasteiger partial charge in [-0.2, -0.15) is 0 Å². The SMILES string of the molecule is CCOC(=O)CN1C(=O)C(=Cc2cc(C(C)(C)C)c(O)c(C(C)(C)COC3CCCCO3)c2)Sc2ccccc21. The third-order valence-corrected chi connectivity index (χ3v) is 8.24. The van der Waals surface area contributed by atoms with E-state index in [1.54, 1.807) is 6.92 Å². The number of hydrogen-bond donors (Lipinski definition) is 1. The molecule has 0 radical (unpaired) electrons. The number of rotatable bonds is 8. The molecule has 1 fully saturated rings. The van der Waals surface area contributed by atoms with Gasteiger partial charge < -0.3 is 19.3 Å². The normalized spacial score (nSPS) is 19.1. The van der Waals surface area contributed by atoms with Gasteiger partial charge in [0, 0.05) is 28.0 Å². The summed E-state index contributed by atoms with van der Waals surface area (Å²) in [6.45, 7) is 13.2. The minimum Gasteiger partial charge on any atom is -0.507 e. The van der Waals surface area contributed by atoms with Crippen LogP contribution >= 0.6 is 11.8 Å². The van der Waals surface area contributed by atoms with Gasteiger partial charge in [-0.1, -0.05) is 58.5 Å². The summed E-state index contributed by atoms with van der Waals surface area (Å²) in [5.74, 6) is -0.479. The van der Waals surface area contributed by atoms with E-state index < -0.39 is 11.4 Å². The third-order valence-electron chi connectivity index (χ3n) is 7.16. The summed E-state index contributed by atoms with van der Waals surface area (Å²) in [5.41, 5.74) is 2.16. The Morgan fingerprint density at radius 2 is 1.88 bits per heavy atom. The molecule has 0 aromatic heterocycles. The summed E-state index contributed by atoms with van der Waals surface area (Å²) in [5, 5.41) is 11.5. The molecule has 0 bridgehead atoms. The molecule has 40 heavy (non-hydrogen) atoms. The first kappa shape index (κ1) is 30.2. The Bertz CT molecular complexity index is 1270. The quantitative estimate of drug-likeness (QED) is 0.286. The second-order valence-electron chi connectivity index (χ2n) is 12.0. The fourth-order valence-corrected chi connectivity index (χ4v) is 6.01. The smallest absolute Gasteiger partial charge is 0.326 e. The van der Waals surface area contributed by atoms with Crippen molar-refractivity contribution in [3.8, 4) is 5.75 Å². The van der Waals surface area contributed by atoms with Crippen LogP contribution in [0.2, 0.25) is 0 Å². The van der Waals surface area contributed by atoms with Crippen molar-refractivity contribution in [3.05, 3.63) is 58.0 Å². The molecule has 2 heterocycles. The van der Waals surface area contributed by atoms with Crippen LogP contribution < -0.4 is 4.90 Å². The van der Waals surface area contributed by atoms with Crippen molar-refractivity contribution in [3.63, 3.8) is 0 Å². The van der Waals surface area contributed by atoms with Crippen molar-refractivity contribution >= 4 is 35.4 Å². The summed E-state index contributed by atoms with van der Waals surface area (Å²) < 4.78 is 17.0. The average molecular weight is 568 g/mol. The first-order valence-corrected chi connectivity index (χ1v) is 14.8. The predicted octanol–water partition coefficient (Wildman–Crippen LogP) is 6.55. The van der Waals surface area contributed by atoms with Gasteiger partial charge in [-0.3, -0.25) is 14.5 Å². The van der Waals surface area contributed by atoms with Crippen LogP contribution in [0.5, 0.6) is 5.75 Å². The van der Waals surface area contributed by atoms with Crippen molar-refractivity contribution < 1.29 is 28.9 Å². The predicted molar refractivity (Wildman–Crippen MR) is 159 cm³/mol. The molecule has 2 aromatic rings. The van der Waals surface area contributed by atoms with Gasteiger partial charge in [-0.15, -0.1) is 0 Å². The first-order valence-electron chi connectivity index (χ1n) is 14.0. The van der Waals surface area contributed by atoms with Gasteiger partial charge in [0.25, 0.3) is 5.91 Å². The van der Waals surface area contributed by atoms with Crippen LogP contribution in [0.3, 0.4) is 0 Å². The van der Waals surface area contributed by atoms with E-state index in [2.05, 4.69) is 20.8 Å². The van der Waals surface area contributed by atoms with Crippen molar-refractivity contribution in [2.45, 2.75) is 82.8 Å². The molecular weight excluding hydrogens is 526 g/mol. The number of carbonyl (C=O) groups excluding carboxylic acids is 2. The molecule has 4 rings (SSSR count). The molecule has 1 atom stereocenters. The topological polar surface area (TPSA) is 85.3 Å². The fraction of sp³-hybridized carbons (Fsp3) is 0.500. The standard InChI is InChI=1S/C32H41NO6S/c1-7-37-27(34)19-33-24-12-8-9-13-25(24)40-26(30(33)36)18-21-16-22(31(2,3)4)29(35)23(17-21)32(5,6)20-39-28-14-10-11-15-38-28/h8-9,12-13,16-18,28,35H,7,10-11,14-15,19-20H2,1-6H3. The van der Waals surface area contributed by atoms with E-state index in [0.717, 1.165) is 40.8 Å².